The van der Waals surface area contributed by atoms with Crippen molar-refractivity contribution in [3.63, 3.8) is 0 Å². The third-order valence-electron chi connectivity index (χ3n) is 4.27. The Morgan fingerprint density at radius 3 is 3.00 bits per heavy atom. The van der Waals surface area contributed by atoms with Crippen LogP contribution in [0.1, 0.15) is 31.2 Å². The van der Waals surface area contributed by atoms with Crippen LogP contribution in [0, 0.1) is 5.92 Å². The Hall–Kier alpha value is -0.840. The maximum absolute atomic E-state index is 6.46. The van der Waals surface area contributed by atoms with Gasteiger partial charge >= 0.3 is 0 Å². The lowest BCUT2D eigenvalue weighted by molar-refractivity contribution is 0.143. The molecule has 116 valence electrons. The van der Waals surface area contributed by atoms with Gasteiger partial charge in [0.25, 0.3) is 0 Å². The molecule has 1 aliphatic heterocycles. The summed E-state index contributed by atoms with van der Waals surface area (Å²) in [5.74, 6) is 1.51. The Balaban J connectivity index is 1.63. The first-order valence-electron chi connectivity index (χ1n) is 7.88. The molecule has 2 fully saturated rings. The van der Waals surface area contributed by atoms with Gasteiger partial charge in [-0.15, -0.1) is 0 Å². The lowest BCUT2D eigenvalue weighted by Crippen LogP contribution is -2.37. The number of methoxy groups -OCH3 is 1. The molecule has 0 aromatic carbocycles. The zero-order valence-corrected chi connectivity index (χ0v) is 13.4. The van der Waals surface area contributed by atoms with E-state index < -0.39 is 0 Å². The Bertz CT molecular complexity index is 477. The van der Waals surface area contributed by atoms with Crippen molar-refractivity contribution in [2.75, 3.05) is 31.7 Å². The van der Waals surface area contributed by atoms with Gasteiger partial charge in [0.15, 0.2) is 0 Å². The zero-order valence-electron chi connectivity index (χ0n) is 12.6. The fraction of sp³-hybridized carbons (Fsp3) is 0.688. The van der Waals surface area contributed by atoms with Crippen LogP contribution in [0.15, 0.2) is 12.3 Å². The van der Waals surface area contributed by atoms with Gasteiger partial charge < -0.3 is 15.0 Å². The topological polar surface area (TPSA) is 37.4 Å². The summed E-state index contributed by atoms with van der Waals surface area (Å²) < 4.78 is 5.29. The molecule has 4 nitrogen and oxygen atoms in total. The molecule has 1 aromatic heterocycles. The van der Waals surface area contributed by atoms with Gasteiger partial charge in [0.2, 0.25) is 0 Å². The summed E-state index contributed by atoms with van der Waals surface area (Å²) in [4.78, 5) is 6.91. The van der Waals surface area contributed by atoms with E-state index in [9.17, 15) is 0 Å². The summed E-state index contributed by atoms with van der Waals surface area (Å²) in [6.45, 7) is 3.70. The van der Waals surface area contributed by atoms with E-state index in [0.29, 0.717) is 12.0 Å². The normalized spacial score (nSPS) is 22.6. The zero-order chi connectivity index (χ0) is 14.7. The minimum Gasteiger partial charge on any atom is -0.384 e. The van der Waals surface area contributed by atoms with E-state index in [-0.39, 0.29) is 0 Å². The van der Waals surface area contributed by atoms with E-state index in [1.807, 2.05) is 6.20 Å². The van der Waals surface area contributed by atoms with Crippen molar-refractivity contribution in [3.8, 4) is 0 Å². The first kappa shape index (κ1) is 15.1. The number of halogens is 1. The summed E-state index contributed by atoms with van der Waals surface area (Å²) in [5.41, 5.74) is 1.17. The molecule has 5 heteroatoms. The van der Waals surface area contributed by atoms with Crippen LogP contribution >= 0.6 is 11.6 Å². The molecule has 21 heavy (non-hydrogen) atoms. The first-order chi connectivity index (χ1) is 10.3. The van der Waals surface area contributed by atoms with Gasteiger partial charge in [-0.1, -0.05) is 11.6 Å². The van der Waals surface area contributed by atoms with Crippen LogP contribution in [0.3, 0.4) is 0 Å². The van der Waals surface area contributed by atoms with Crippen LogP contribution in [0.2, 0.25) is 5.02 Å². The minimum absolute atomic E-state index is 0.581. The molecule has 1 aromatic rings. The van der Waals surface area contributed by atoms with Gasteiger partial charge in [0.1, 0.15) is 5.82 Å². The van der Waals surface area contributed by atoms with Crippen molar-refractivity contribution in [1.29, 1.82) is 0 Å². The van der Waals surface area contributed by atoms with Gasteiger partial charge in [-0.2, -0.15) is 0 Å². The second-order valence-electron chi connectivity index (χ2n) is 6.21. The fourth-order valence-corrected chi connectivity index (χ4v) is 3.29. The lowest BCUT2D eigenvalue weighted by atomic mass is 9.99. The standard InChI is InChI=1S/C16H24ClN3O/c1-21-11-12-3-2-6-20(10-12)16-15(17)7-13(9-19-16)8-18-14-4-5-14/h7,9,12,14,18H,2-6,8,10-11H2,1H3. The van der Waals surface area contributed by atoms with Crippen LogP contribution in [-0.2, 0) is 11.3 Å². The Morgan fingerprint density at radius 1 is 1.43 bits per heavy atom. The van der Waals surface area contributed by atoms with E-state index in [2.05, 4.69) is 21.3 Å². The molecule has 2 heterocycles. The van der Waals surface area contributed by atoms with Gasteiger partial charge in [-0.25, -0.2) is 4.98 Å². The maximum Gasteiger partial charge on any atom is 0.147 e. The van der Waals surface area contributed by atoms with Crippen molar-refractivity contribution in [2.24, 2.45) is 5.92 Å². The number of piperidine rings is 1. The predicted octanol–water partition coefficient (Wildman–Crippen LogP) is 2.85. The van der Waals surface area contributed by atoms with E-state index in [1.54, 1.807) is 7.11 Å². The quantitative estimate of drug-likeness (QED) is 0.877. The average Bonchev–Trinajstić information content (AvgIpc) is 3.30. The van der Waals surface area contributed by atoms with E-state index in [4.69, 9.17) is 16.3 Å². The number of ether oxygens (including phenoxy) is 1. The first-order valence-corrected chi connectivity index (χ1v) is 8.25. The van der Waals surface area contributed by atoms with Crippen LogP contribution in [0.4, 0.5) is 5.82 Å². The molecule has 1 saturated heterocycles. The molecular formula is C16H24ClN3O. The molecule has 1 atom stereocenters. The molecule has 3 rings (SSSR count). The van der Waals surface area contributed by atoms with E-state index >= 15 is 0 Å². The molecule has 1 unspecified atom stereocenters. The molecule has 1 N–H and O–H groups in total. The lowest BCUT2D eigenvalue weighted by Gasteiger charge is -2.33. The number of rotatable bonds is 6. The van der Waals surface area contributed by atoms with Crippen molar-refractivity contribution >= 4 is 17.4 Å². The molecule has 1 aliphatic carbocycles. The van der Waals surface area contributed by atoms with Crippen LogP contribution in [0.25, 0.3) is 0 Å². The largest absolute Gasteiger partial charge is 0.384 e. The Kier molecular flexibility index (Phi) is 4.99. The van der Waals surface area contributed by atoms with E-state index in [1.165, 1.54) is 31.2 Å². The maximum atomic E-state index is 6.46. The van der Waals surface area contributed by atoms with Gasteiger partial charge in [0.05, 0.1) is 11.6 Å². The van der Waals surface area contributed by atoms with Crippen molar-refractivity contribution in [2.45, 2.75) is 38.3 Å². The summed E-state index contributed by atoms with van der Waals surface area (Å²) in [5, 5.41) is 4.26. The molecular weight excluding hydrogens is 286 g/mol. The number of pyridine rings is 1. The number of aromatic nitrogens is 1. The molecule has 0 amide bonds. The third-order valence-corrected chi connectivity index (χ3v) is 4.55. The number of hydrogen-bond donors (Lipinski definition) is 1. The van der Waals surface area contributed by atoms with E-state index in [0.717, 1.165) is 37.1 Å². The fourth-order valence-electron chi connectivity index (χ4n) is 2.98. The highest BCUT2D eigenvalue weighted by molar-refractivity contribution is 6.33. The second kappa shape index (κ2) is 6.95. The van der Waals surface area contributed by atoms with Crippen LogP contribution in [0.5, 0.6) is 0 Å². The van der Waals surface area contributed by atoms with Gasteiger partial charge in [0, 0.05) is 39.0 Å². The highest BCUT2D eigenvalue weighted by Gasteiger charge is 2.23. The van der Waals surface area contributed by atoms with Crippen molar-refractivity contribution in [1.82, 2.24) is 10.3 Å². The molecule has 2 aliphatic rings. The Labute approximate surface area is 131 Å². The summed E-state index contributed by atoms with van der Waals surface area (Å²) in [6, 6.07) is 2.76. The minimum atomic E-state index is 0.581. The molecule has 0 spiro atoms. The Morgan fingerprint density at radius 2 is 2.29 bits per heavy atom. The SMILES string of the molecule is COCC1CCCN(c2ncc(CNC3CC3)cc2Cl)C1. The number of nitrogens with zero attached hydrogens (tertiary/aromatic N) is 2. The van der Waals surface area contributed by atoms with Gasteiger partial charge in [-0.05, 0) is 43.2 Å². The summed E-state index contributed by atoms with van der Waals surface area (Å²) in [6.07, 6.45) is 6.96. The average molecular weight is 310 g/mol. The van der Waals surface area contributed by atoms with Crippen molar-refractivity contribution in [3.05, 3.63) is 22.8 Å². The highest BCUT2D eigenvalue weighted by Crippen LogP contribution is 2.29. The van der Waals surface area contributed by atoms with Crippen LogP contribution in [-0.4, -0.2) is 37.8 Å². The monoisotopic (exact) mass is 309 g/mol. The molecule has 1 saturated carbocycles. The van der Waals surface area contributed by atoms with Crippen molar-refractivity contribution < 1.29 is 4.74 Å². The van der Waals surface area contributed by atoms with Crippen LogP contribution < -0.4 is 10.2 Å². The smallest absolute Gasteiger partial charge is 0.147 e. The third kappa shape index (κ3) is 4.09. The second-order valence-corrected chi connectivity index (χ2v) is 6.62. The predicted molar refractivity (Wildman–Crippen MR) is 85.9 cm³/mol. The molecule has 0 bridgehead atoms. The number of nitrogens with one attached hydrogen (secondary N) is 1. The number of anilines is 1. The number of hydrogen-bond acceptors (Lipinski definition) is 4. The summed E-state index contributed by atoms with van der Waals surface area (Å²) in [7, 11) is 1.77. The van der Waals surface area contributed by atoms with Gasteiger partial charge in [-0.3, -0.25) is 0 Å². The highest BCUT2D eigenvalue weighted by atomic mass is 35.5. The summed E-state index contributed by atoms with van der Waals surface area (Å²) >= 11 is 6.46. The molecule has 0 radical (unpaired) electrons.